The van der Waals surface area contributed by atoms with Crippen molar-refractivity contribution in [3.05, 3.63) is 17.7 Å². The van der Waals surface area contributed by atoms with E-state index in [-0.39, 0.29) is 12.5 Å². The van der Waals surface area contributed by atoms with E-state index < -0.39 is 0 Å². The van der Waals surface area contributed by atoms with Crippen molar-refractivity contribution in [2.24, 2.45) is 5.73 Å². The summed E-state index contributed by atoms with van der Waals surface area (Å²) >= 11 is 0. The number of fused-ring (bicyclic) bond motifs is 1. The monoisotopic (exact) mass is 210 g/mol. The van der Waals surface area contributed by atoms with Crippen LogP contribution in [0.25, 0.3) is 0 Å². The van der Waals surface area contributed by atoms with Gasteiger partial charge in [0, 0.05) is 31.3 Å². The van der Waals surface area contributed by atoms with E-state index >= 15 is 0 Å². The smallest absolute Gasteiger partial charge is 0.231 e. The van der Waals surface area contributed by atoms with Crippen LogP contribution in [0.15, 0.2) is 12.1 Å². The fourth-order valence-corrected chi connectivity index (χ4v) is 1.44. The van der Waals surface area contributed by atoms with Gasteiger partial charge in [-0.15, -0.1) is 0 Å². The molecule has 2 rings (SSSR count). The highest BCUT2D eigenvalue weighted by atomic mass is 16.7. The Morgan fingerprint density at radius 1 is 1.33 bits per heavy atom. The molecular weight excluding hydrogens is 196 g/mol. The van der Waals surface area contributed by atoms with E-state index in [0.29, 0.717) is 31.1 Å². The lowest BCUT2D eigenvalue weighted by Crippen LogP contribution is -2.21. The second-order valence-electron chi connectivity index (χ2n) is 3.30. The summed E-state index contributed by atoms with van der Waals surface area (Å²) < 4.78 is 10.4. The molecule has 0 fully saturated rings. The number of benzene rings is 1. The predicted molar refractivity (Wildman–Crippen MR) is 55.0 cm³/mol. The highest BCUT2D eigenvalue weighted by Gasteiger charge is 2.16. The Hall–Kier alpha value is -1.46. The zero-order valence-corrected chi connectivity index (χ0v) is 8.32. The third-order valence-corrected chi connectivity index (χ3v) is 2.21. The molecule has 0 amide bonds. The van der Waals surface area contributed by atoms with Gasteiger partial charge in [-0.1, -0.05) is 0 Å². The molecule has 1 aromatic rings. The molecule has 0 aliphatic carbocycles. The van der Waals surface area contributed by atoms with Crippen molar-refractivity contribution < 1.29 is 14.6 Å². The van der Waals surface area contributed by atoms with Crippen molar-refractivity contribution in [1.82, 2.24) is 5.32 Å². The van der Waals surface area contributed by atoms with Gasteiger partial charge in [-0.3, -0.25) is 0 Å². The van der Waals surface area contributed by atoms with E-state index in [4.69, 9.17) is 15.2 Å². The molecule has 0 aromatic heterocycles. The molecule has 0 unspecified atom stereocenters. The Labute approximate surface area is 87.8 Å². The molecule has 5 heteroatoms. The Morgan fingerprint density at radius 2 is 2.07 bits per heavy atom. The van der Waals surface area contributed by atoms with Crippen molar-refractivity contribution in [1.29, 1.82) is 0 Å². The van der Waals surface area contributed by atoms with E-state index in [1.807, 2.05) is 0 Å². The first-order valence-electron chi connectivity index (χ1n) is 4.83. The Bertz CT molecular complexity index is 355. The van der Waals surface area contributed by atoms with Crippen molar-refractivity contribution >= 4 is 0 Å². The van der Waals surface area contributed by atoms with Crippen molar-refractivity contribution in [2.75, 3.05) is 19.9 Å². The maximum atomic E-state index is 9.67. The molecule has 5 nitrogen and oxygen atoms in total. The van der Waals surface area contributed by atoms with Crippen LogP contribution in [0.5, 0.6) is 17.2 Å². The summed E-state index contributed by atoms with van der Waals surface area (Å²) in [6, 6.07) is 3.35. The van der Waals surface area contributed by atoms with Crippen LogP contribution < -0.4 is 20.5 Å². The number of rotatable bonds is 4. The lowest BCUT2D eigenvalue weighted by Gasteiger charge is -2.07. The maximum absolute atomic E-state index is 9.67. The first-order valence-corrected chi connectivity index (χ1v) is 4.83. The highest BCUT2D eigenvalue weighted by Crippen LogP contribution is 2.37. The summed E-state index contributed by atoms with van der Waals surface area (Å²) in [4.78, 5) is 0. The quantitative estimate of drug-likeness (QED) is 0.617. The van der Waals surface area contributed by atoms with Gasteiger partial charge in [-0.05, 0) is 6.07 Å². The maximum Gasteiger partial charge on any atom is 0.231 e. The highest BCUT2D eigenvalue weighted by molar-refractivity contribution is 5.51. The number of nitrogens with one attached hydrogen (secondary N) is 1. The summed E-state index contributed by atoms with van der Waals surface area (Å²) in [6.45, 7) is 2.08. The van der Waals surface area contributed by atoms with Gasteiger partial charge in [-0.25, -0.2) is 0 Å². The Kier molecular flexibility index (Phi) is 2.94. The largest absolute Gasteiger partial charge is 0.507 e. The number of phenols is 1. The van der Waals surface area contributed by atoms with Gasteiger partial charge in [0.25, 0.3) is 0 Å². The van der Waals surface area contributed by atoms with Crippen LogP contribution in [0, 0.1) is 0 Å². The molecule has 0 radical (unpaired) electrons. The normalized spacial score (nSPS) is 13.1. The number of hydrogen-bond donors (Lipinski definition) is 3. The average molecular weight is 210 g/mol. The molecule has 0 saturated heterocycles. The fourth-order valence-electron chi connectivity index (χ4n) is 1.44. The molecule has 0 saturated carbocycles. The van der Waals surface area contributed by atoms with Gasteiger partial charge >= 0.3 is 0 Å². The van der Waals surface area contributed by atoms with Crippen LogP contribution in [0.4, 0.5) is 0 Å². The SMILES string of the molecule is NCCNCc1cc2c(cc1O)OCO2. The minimum Gasteiger partial charge on any atom is -0.507 e. The van der Waals surface area contributed by atoms with Gasteiger partial charge in [0.15, 0.2) is 11.5 Å². The van der Waals surface area contributed by atoms with Gasteiger partial charge in [0.05, 0.1) is 0 Å². The Morgan fingerprint density at radius 3 is 2.80 bits per heavy atom. The lowest BCUT2D eigenvalue weighted by atomic mass is 10.1. The number of hydrogen-bond acceptors (Lipinski definition) is 5. The third-order valence-electron chi connectivity index (χ3n) is 2.21. The van der Waals surface area contributed by atoms with Crippen molar-refractivity contribution in [3.8, 4) is 17.2 Å². The first kappa shape index (κ1) is 10.1. The summed E-state index contributed by atoms with van der Waals surface area (Å²) in [5, 5.41) is 12.8. The molecular formula is C10H14N2O3. The third kappa shape index (κ3) is 2.14. The molecule has 82 valence electrons. The zero-order chi connectivity index (χ0) is 10.7. The van der Waals surface area contributed by atoms with E-state index in [1.165, 1.54) is 0 Å². The van der Waals surface area contributed by atoms with Crippen molar-refractivity contribution in [2.45, 2.75) is 6.54 Å². The summed E-state index contributed by atoms with van der Waals surface area (Å²) in [5.41, 5.74) is 6.14. The predicted octanol–water partition coefficient (Wildman–Crippen LogP) is 0.169. The van der Waals surface area contributed by atoms with Gasteiger partial charge in [0.1, 0.15) is 5.75 Å². The molecule has 0 spiro atoms. The molecule has 1 heterocycles. The number of nitrogens with two attached hydrogens (primary N) is 1. The Balaban J connectivity index is 2.10. The molecule has 4 N–H and O–H groups in total. The van der Waals surface area contributed by atoms with E-state index in [1.54, 1.807) is 12.1 Å². The second-order valence-corrected chi connectivity index (χ2v) is 3.30. The standard InChI is InChI=1S/C10H14N2O3/c11-1-2-12-5-7-3-9-10(4-8(7)13)15-6-14-9/h3-4,12-13H,1-2,5-6,11H2. The van der Waals surface area contributed by atoms with Gasteiger partial charge in [-0.2, -0.15) is 0 Å². The van der Waals surface area contributed by atoms with E-state index in [0.717, 1.165) is 5.56 Å². The second kappa shape index (κ2) is 4.37. The topological polar surface area (TPSA) is 76.7 Å². The zero-order valence-electron chi connectivity index (χ0n) is 8.32. The number of ether oxygens (including phenoxy) is 2. The van der Waals surface area contributed by atoms with Crippen LogP contribution in [0.2, 0.25) is 0 Å². The average Bonchev–Trinajstić information content (AvgIpc) is 2.65. The first-order chi connectivity index (χ1) is 7.31. The summed E-state index contributed by atoms with van der Waals surface area (Å²) in [7, 11) is 0. The van der Waals surface area contributed by atoms with Crippen LogP contribution in [0.1, 0.15) is 5.56 Å². The van der Waals surface area contributed by atoms with Gasteiger partial charge < -0.3 is 25.6 Å². The summed E-state index contributed by atoms with van der Waals surface area (Å²) in [5.74, 6) is 1.48. The lowest BCUT2D eigenvalue weighted by molar-refractivity contribution is 0.174. The number of aromatic hydroxyl groups is 1. The van der Waals surface area contributed by atoms with Crippen LogP contribution in [0.3, 0.4) is 0 Å². The van der Waals surface area contributed by atoms with Crippen LogP contribution in [-0.2, 0) is 6.54 Å². The van der Waals surface area contributed by atoms with Crippen molar-refractivity contribution in [3.63, 3.8) is 0 Å². The van der Waals surface area contributed by atoms with E-state index in [2.05, 4.69) is 5.32 Å². The van der Waals surface area contributed by atoms with Crippen LogP contribution >= 0.6 is 0 Å². The molecule has 1 aromatic carbocycles. The minimum atomic E-state index is 0.212. The fraction of sp³-hybridized carbons (Fsp3) is 0.400. The molecule has 1 aliphatic rings. The summed E-state index contributed by atoms with van der Waals surface area (Å²) in [6.07, 6.45) is 0. The van der Waals surface area contributed by atoms with E-state index in [9.17, 15) is 5.11 Å². The minimum absolute atomic E-state index is 0.212. The molecule has 0 atom stereocenters. The van der Waals surface area contributed by atoms with Gasteiger partial charge in [0.2, 0.25) is 6.79 Å². The van der Waals surface area contributed by atoms with Crippen LogP contribution in [-0.4, -0.2) is 25.0 Å². The molecule has 0 bridgehead atoms. The molecule has 15 heavy (non-hydrogen) atoms. The number of phenolic OH excluding ortho intramolecular Hbond substituents is 1. The molecule has 1 aliphatic heterocycles.